The molecule has 1 N–H and O–H groups in total. The average molecular weight is 269 g/mol. The zero-order valence-corrected chi connectivity index (χ0v) is 12.4. The molecule has 0 radical (unpaired) electrons. The molecule has 1 rings (SSSR count). The van der Waals surface area contributed by atoms with Gasteiger partial charge in [-0.15, -0.1) is 0 Å². The Kier molecular flexibility index (Phi) is 5.76. The topological polar surface area (TPSA) is 30.5 Å². The molecule has 4 heteroatoms. The van der Waals surface area contributed by atoms with Crippen LogP contribution < -0.4 is 10.1 Å². The Bertz CT molecular complexity index is 407. The zero-order valence-electron chi connectivity index (χ0n) is 12.4. The molecule has 0 spiro atoms. The molecular weight excluding hydrogens is 245 g/mol. The minimum absolute atomic E-state index is 0.102. The number of halogens is 1. The van der Waals surface area contributed by atoms with Gasteiger partial charge >= 0.3 is 0 Å². The van der Waals surface area contributed by atoms with Crippen LogP contribution in [0, 0.1) is 5.82 Å². The molecule has 1 atom stereocenters. The summed E-state index contributed by atoms with van der Waals surface area (Å²) in [7, 11) is 3.15. The van der Waals surface area contributed by atoms with Gasteiger partial charge in [0, 0.05) is 18.7 Å². The summed E-state index contributed by atoms with van der Waals surface area (Å²) in [4.78, 5) is 0. The van der Waals surface area contributed by atoms with Gasteiger partial charge in [0.2, 0.25) is 0 Å². The summed E-state index contributed by atoms with van der Waals surface area (Å²) in [5.74, 6) is -0.0292. The highest BCUT2D eigenvalue weighted by Gasteiger charge is 2.26. The minimum Gasteiger partial charge on any atom is -0.494 e. The highest BCUT2D eigenvalue weighted by molar-refractivity contribution is 5.33. The lowest BCUT2D eigenvalue weighted by atomic mass is 9.93. The third-order valence-corrected chi connectivity index (χ3v) is 3.29. The second-order valence-corrected chi connectivity index (χ2v) is 5.14. The maximum Gasteiger partial charge on any atom is 0.169 e. The molecule has 0 fully saturated rings. The largest absolute Gasteiger partial charge is 0.494 e. The van der Waals surface area contributed by atoms with Crippen molar-refractivity contribution in [2.45, 2.75) is 38.8 Å². The van der Waals surface area contributed by atoms with Crippen molar-refractivity contribution >= 4 is 0 Å². The predicted molar refractivity (Wildman–Crippen MR) is 75.1 cm³/mol. The van der Waals surface area contributed by atoms with Crippen molar-refractivity contribution in [3.05, 3.63) is 29.6 Å². The molecule has 0 saturated heterocycles. The summed E-state index contributed by atoms with van der Waals surface area (Å²) in [6, 6.07) is 5.12. The van der Waals surface area contributed by atoms with Gasteiger partial charge in [-0.25, -0.2) is 4.39 Å². The van der Waals surface area contributed by atoms with Gasteiger partial charge in [-0.3, -0.25) is 0 Å². The molecule has 0 aromatic heterocycles. The van der Waals surface area contributed by atoms with Crippen molar-refractivity contribution in [1.29, 1.82) is 0 Å². The monoisotopic (exact) mass is 269 g/mol. The lowest BCUT2D eigenvalue weighted by molar-refractivity contribution is 0.00668. The van der Waals surface area contributed by atoms with Gasteiger partial charge in [-0.05, 0) is 32.9 Å². The fourth-order valence-corrected chi connectivity index (χ4v) is 2.07. The summed E-state index contributed by atoms with van der Waals surface area (Å²) in [5.41, 5.74) is 0.300. The molecule has 19 heavy (non-hydrogen) atoms. The van der Waals surface area contributed by atoms with Crippen LogP contribution in [0.1, 0.15) is 38.8 Å². The Morgan fingerprint density at radius 1 is 1.32 bits per heavy atom. The molecule has 108 valence electrons. The van der Waals surface area contributed by atoms with Crippen LogP contribution in [0.4, 0.5) is 4.39 Å². The van der Waals surface area contributed by atoms with Gasteiger partial charge in [-0.2, -0.15) is 0 Å². The van der Waals surface area contributed by atoms with Crippen LogP contribution in [0.5, 0.6) is 5.75 Å². The summed E-state index contributed by atoms with van der Waals surface area (Å²) >= 11 is 0. The van der Waals surface area contributed by atoms with E-state index in [1.807, 2.05) is 20.8 Å². The van der Waals surface area contributed by atoms with Gasteiger partial charge in [0.1, 0.15) is 0 Å². The Morgan fingerprint density at radius 2 is 2.00 bits per heavy atom. The minimum atomic E-state index is -0.317. The van der Waals surface area contributed by atoms with Crippen LogP contribution in [0.3, 0.4) is 0 Å². The van der Waals surface area contributed by atoms with Crippen molar-refractivity contribution < 1.29 is 13.9 Å². The molecule has 0 heterocycles. The zero-order chi connectivity index (χ0) is 14.5. The summed E-state index contributed by atoms with van der Waals surface area (Å²) < 4.78 is 24.8. The second kappa shape index (κ2) is 6.87. The van der Waals surface area contributed by atoms with Crippen molar-refractivity contribution in [3.63, 3.8) is 0 Å². The van der Waals surface area contributed by atoms with E-state index in [2.05, 4.69) is 5.32 Å². The van der Waals surface area contributed by atoms with E-state index in [1.165, 1.54) is 7.11 Å². The smallest absolute Gasteiger partial charge is 0.169 e. The van der Waals surface area contributed by atoms with Crippen LogP contribution in [0.2, 0.25) is 0 Å². The first-order valence-electron chi connectivity index (χ1n) is 6.56. The molecular formula is C15H24FNO2. The van der Waals surface area contributed by atoms with E-state index in [0.717, 1.165) is 6.54 Å². The molecule has 0 bridgehead atoms. The average Bonchev–Trinajstić information content (AvgIpc) is 2.38. The number of hydrogen-bond acceptors (Lipinski definition) is 3. The quantitative estimate of drug-likeness (QED) is 0.824. The first kappa shape index (κ1) is 15.9. The highest BCUT2D eigenvalue weighted by atomic mass is 19.1. The van der Waals surface area contributed by atoms with Gasteiger partial charge in [0.15, 0.2) is 11.6 Å². The molecule has 3 nitrogen and oxygen atoms in total. The number of methoxy groups -OCH3 is 2. The fourth-order valence-electron chi connectivity index (χ4n) is 2.07. The van der Waals surface area contributed by atoms with Crippen molar-refractivity contribution in [2.75, 3.05) is 20.8 Å². The Labute approximate surface area is 115 Å². The van der Waals surface area contributed by atoms with Crippen molar-refractivity contribution in [3.8, 4) is 5.75 Å². The van der Waals surface area contributed by atoms with E-state index in [-0.39, 0.29) is 23.2 Å². The lowest BCUT2D eigenvalue weighted by Crippen LogP contribution is -2.32. The van der Waals surface area contributed by atoms with E-state index in [0.29, 0.717) is 12.0 Å². The predicted octanol–water partition coefficient (Wildman–Crippen LogP) is 3.30. The molecule has 1 aromatic carbocycles. The first-order valence-corrected chi connectivity index (χ1v) is 6.56. The number of rotatable bonds is 7. The van der Waals surface area contributed by atoms with Crippen molar-refractivity contribution in [2.24, 2.45) is 0 Å². The van der Waals surface area contributed by atoms with Crippen LogP contribution in [0.25, 0.3) is 0 Å². The van der Waals surface area contributed by atoms with Gasteiger partial charge in [-0.1, -0.05) is 19.1 Å². The molecule has 0 aliphatic heterocycles. The van der Waals surface area contributed by atoms with Gasteiger partial charge < -0.3 is 14.8 Å². The third-order valence-electron chi connectivity index (χ3n) is 3.29. The lowest BCUT2D eigenvalue weighted by Gasteiger charge is -2.29. The molecule has 1 unspecified atom stereocenters. The molecule has 1 aromatic rings. The van der Waals surface area contributed by atoms with Crippen molar-refractivity contribution in [1.82, 2.24) is 5.32 Å². The maximum absolute atomic E-state index is 14.3. The second-order valence-electron chi connectivity index (χ2n) is 5.14. The van der Waals surface area contributed by atoms with E-state index in [1.54, 1.807) is 25.3 Å². The Morgan fingerprint density at radius 3 is 2.53 bits per heavy atom. The molecule has 0 amide bonds. The number of benzene rings is 1. The normalized spacial score (nSPS) is 13.4. The van der Waals surface area contributed by atoms with E-state index in [9.17, 15) is 4.39 Å². The van der Waals surface area contributed by atoms with E-state index < -0.39 is 0 Å². The van der Waals surface area contributed by atoms with E-state index in [4.69, 9.17) is 9.47 Å². The standard InChI is InChI=1S/C15H24FNO2/c1-6-17-12(10-15(2,3)19-5)11-8-7-9-13(18-4)14(11)16/h7-9,12,17H,6,10H2,1-5H3. The summed E-state index contributed by atoms with van der Waals surface area (Å²) in [6.07, 6.45) is 0.682. The summed E-state index contributed by atoms with van der Waals surface area (Å²) in [6.45, 7) is 6.76. The van der Waals surface area contributed by atoms with Crippen LogP contribution >= 0.6 is 0 Å². The summed E-state index contributed by atoms with van der Waals surface area (Å²) in [5, 5.41) is 3.31. The SMILES string of the molecule is CCNC(CC(C)(C)OC)c1cccc(OC)c1F. The van der Waals surface area contributed by atoms with Crippen LogP contribution in [0.15, 0.2) is 18.2 Å². The van der Waals surface area contributed by atoms with Crippen LogP contribution in [-0.2, 0) is 4.74 Å². The molecule has 0 saturated carbocycles. The van der Waals surface area contributed by atoms with E-state index >= 15 is 0 Å². The van der Waals surface area contributed by atoms with Gasteiger partial charge in [0.25, 0.3) is 0 Å². The first-order chi connectivity index (χ1) is 8.95. The molecule has 0 aliphatic carbocycles. The Balaban J connectivity index is 3.05. The fraction of sp³-hybridized carbons (Fsp3) is 0.600. The van der Waals surface area contributed by atoms with Crippen LogP contribution in [-0.4, -0.2) is 26.4 Å². The molecule has 0 aliphatic rings. The highest BCUT2D eigenvalue weighted by Crippen LogP contribution is 2.31. The number of hydrogen-bond donors (Lipinski definition) is 1. The number of ether oxygens (including phenoxy) is 2. The number of nitrogens with one attached hydrogen (secondary N) is 1. The third kappa shape index (κ3) is 4.18. The Hall–Kier alpha value is -1.13. The van der Waals surface area contributed by atoms with Gasteiger partial charge in [0.05, 0.1) is 12.7 Å². The maximum atomic E-state index is 14.3.